The summed E-state index contributed by atoms with van der Waals surface area (Å²) < 4.78 is 10.1. The van der Waals surface area contributed by atoms with Crippen molar-refractivity contribution in [3.05, 3.63) is 57.9 Å². The van der Waals surface area contributed by atoms with Gasteiger partial charge in [0.2, 0.25) is 0 Å². The smallest absolute Gasteiger partial charge is 0.250 e. The number of benzene rings is 1. The van der Waals surface area contributed by atoms with Gasteiger partial charge in [0, 0.05) is 50.9 Å². The lowest BCUT2D eigenvalue weighted by atomic mass is 9.96. The van der Waals surface area contributed by atoms with E-state index in [-0.39, 0.29) is 11.8 Å². The number of aromatic nitrogens is 3. The molecule has 7 heteroatoms. The topological polar surface area (TPSA) is 55.5 Å². The Kier molecular flexibility index (Phi) is 7.22. The fourth-order valence-corrected chi connectivity index (χ4v) is 6.08. The van der Waals surface area contributed by atoms with E-state index >= 15 is 0 Å². The van der Waals surface area contributed by atoms with E-state index in [0.29, 0.717) is 18.1 Å². The first-order valence-electron chi connectivity index (χ1n) is 13.7. The second kappa shape index (κ2) is 10.4. The Balaban J connectivity index is 1.56. The normalized spacial score (nSPS) is 24.4. The number of fused-ring (bicyclic) bond motifs is 1. The fourth-order valence-electron chi connectivity index (χ4n) is 6.08. The molecule has 0 N–H and O–H groups in total. The van der Waals surface area contributed by atoms with Gasteiger partial charge >= 0.3 is 0 Å². The number of hydrogen-bond acceptors (Lipinski definition) is 5. The SMILES string of the molecule is CC[C@H]1CN(C(C)c2ccc(C)cc2)[C@H](CC)CN1c1c2c(ccc(=O)n2C)nn1C1CCCCO1. The van der Waals surface area contributed by atoms with Crippen molar-refractivity contribution in [2.24, 2.45) is 7.05 Å². The van der Waals surface area contributed by atoms with Gasteiger partial charge in [-0.2, -0.15) is 5.10 Å². The largest absolute Gasteiger partial charge is 0.356 e. The van der Waals surface area contributed by atoms with Gasteiger partial charge < -0.3 is 14.2 Å². The van der Waals surface area contributed by atoms with E-state index in [9.17, 15) is 4.79 Å². The van der Waals surface area contributed by atoms with Gasteiger partial charge in [-0.1, -0.05) is 43.7 Å². The van der Waals surface area contributed by atoms with Crippen molar-refractivity contribution in [3.8, 4) is 0 Å². The molecule has 194 valence electrons. The summed E-state index contributed by atoms with van der Waals surface area (Å²) >= 11 is 0. The second-order valence-electron chi connectivity index (χ2n) is 10.6. The third-order valence-corrected chi connectivity index (χ3v) is 8.38. The molecule has 2 aliphatic rings. The van der Waals surface area contributed by atoms with Crippen LogP contribution in [-0.2, 0) is 11.8 Å². The van der Waals surface area contributed by atoms with Gasteiger partial charge in [0.1, 0.15) is 11.0 Å². The highest BCUT2D eigenvalue weighted by Crippen LogP contribution is 2.38. The molecule has 0 spiro atoms. The zero-order valence-electron chi connectivity index (χ0n) is 22.5. The summed E-state index contributed by atoms with van der Waals surface area (Å²) in [5.41, 5.74) is 4.45. The van der Waals surface area contributed by atoms with Crippen LogP contribution in [0.3, 0.4) is 0 Å². The molecule has 7 nitrogen and oxygen atoms in total. The van der Waals surface area contributed by atoms with Crippen LogP contribution in [0.25, 0.3) is 11.0 Å². The van der Waals surface area contributed by atoms with Crippen LogP contribution in [0.4, 0.5) is 5.82 Å². The van der Waals surface area contributed by atoms with Gasteiger partial charge in [-0.05, 0) is 57.6 Å². The van der Waals surface area contributed by atoms with Crippen molar-refractivity contribution in [3.63, 3.8) is 0 Å². The van der Waals surface area contributed by atoms with Gasteiger partial charge in [0.25, 0.3) is 5.56 Å². The Morgan fingerprint density at radius 3 is 2.44 bits per heavy atom. The van der Waals surface area contributed by atoms with E-state index in [2.05, 4.69) is 66.4 Å². The summed E-state index contributed by atoms with van der Waals surface area (Å²) in [5.74, 6) is 1.05. The Morgan fingerprint density at radius 2 is 1.78 bits per heavy atom. The maximum atomic E-state index is 12.7. The zero-order chi connectivity index (χ0) is 25.4. The highest BCUT2D eigenvalue weighted by atomic mass is 16.5. The Hall–Kier alpha value is -2.64. The van der Waals surface area contributed by atoms with Crippen LogP contribution in [0.2, 0.25) is 0 Å². The van der Waals surface area contributed by atoms with Crippen molar-refractivity contribution in [2.45, 2.75) is 84.2 Å². The van der Waals surface area contributed by atoms with Gasteiger partial charge in [0.15, 0.2) is 12.0 Å². The van der Waals surface area contributed by atoms with Crippen LogP contribution >= 0.6 is 0 Å². The number of hydrogen-bond donors (Lipinski definition) is 0. The number of anilines is 1. The maximum absolute atomic E-state index is 12.7. The van der Waals surface area contributed by atoms with E-state index in [1.165, 1.54) is 11.1 Å². The summed E-state index contributed by atoms with van der Waals surface area (Å²) in [4.78, 5) is 17.9. The molecule has 2 saturated heterocycles. The summed E-state index contributed by atoms with van der Waals surface area (Å²) in [7, 11) is 1.87. The Morgan fingerprint density at radius 1 is 1.03 bits per heavy atom. The van der Waals surface area contributed by atoms with Gasteiger partial charge in [-0.3, -0.25) is 9.69 Å². The van der Waals surface area contributed by atoms with Crippen LogP contribution < -0.4 is 10.5 Å². The van der Waals surface area contributed by atoms with E-state index in [1.54, 1.807) is 10.6 Å². The monoisotopic (exact) mass is 491 g/mol. The first-order chi connectivity index (χ1) is 17.4. The summed E-state index contributed by atoms with van der Waals surface area (Å²) in [6.07, 6.45) is 5.18. The summed E-state index contributed by atoms with van der Waals surface area (Å²) in [5, 5.41) is 5.02. The van der Waals surface area contributed by atoms with E-state index in [1.807, 2.05) is 13.1 Å². The number of pyridine rings is 1. The highest BCUT2D eigenvalue weighted by molar-refractivity contribution is 5.87. The molecule has 0 amide bonds. The van der Waals surface area contributed by atoms with Crippen LogP contribution in [0.5, 0.6) is 0 Å². The van der Waals surface area contributed by atoms with Gasteiger partial charge in [-0.15, -0.1) is 0 Å². The predicted octanol–water partition coefficient (Wildman–Crippen LogP) is 5.18. The van der Waals surface area contributed by atoms with Crippen LogP contribution in [0.15, 0.2) is 41.2 Å². The third-order valence-electron chi connectivity index (χ3n) is 8.38. The molecule has 0 saturated carbocycles. The standard InChI is InChI=1S/C29H41N5O2/c1-6-23-19-33(24(7-2)18-32(23)21(4)22-13-11-20(3)12-14-22)29-28-25(15-16-26(35)31(28)5)30-34(29)27-10-8-9-17-36-27/h11-16,21,23-24,27H,6-10,17-19H2,1-5H3/t21?,23-,24+,27?/m1/s1. The first kappa shape index (κ1) is 25.0. The minimum absolute atomic E-state index is 0.000387. The van der Waals surface area contributed by atoms with E-state index < -0.39 is 0 Å². The quantitative estimate of drug-likeness (QED) is 0.475. The Labute approximate surface area is 214 Å². The average molecular weight is 492 g/mol. The summed E-state index contributed by atoms with van der Waals surface area (Å²) in [6.45, 7) is 11.7. The minimum Gasteiger partial charge on any atom is -0.356 e. The molecule has 0 aliphatic carbocycles. The molecule has 5 rings (SSSR count). The Bertz CT molecular complexity index is 1240. The molecule has 3 aromatic rings. The highest BCUT2D eigenvalue weighted by Gasteiger charge is 2.38. The first-order valence-corrected chi connectivity index (χ1v) is 13.7. The van der Waals surface area contributed by atoms with Gasteiger partial charge in [-0.25, -0.2) is 4.68 Å². The predicted molar refractivity (Wildman–Crippen MR) is 146 cm³/mol. The number of piperazine rings is 1. The lowest BCUT2D eigenvalue weighted by Gasteiger charge is -2.49. The molecule has 4 atom stereocenters. The van der Waals surface area contributed by atoms with Crippen molar-refractivity contribution in [1.82, 2.24) is 19.2 Å². The molecule has 0 radical (unpaired) electrons. The molecule has 2 fully saturated rings. The van der Waals surface area contributed by atoms with Crippen molar-refractivity contribution in [2.75, 3.05) is 24.6 Å². The number of nitrogens with zero attached hydrogens (tertiary/aromatic N) is 5. The van der Waals surface area contributed by atoms with Crippen LogP contribution in [-0.4, -0.2) is 51.0 Å². The molecular weight excluding hydrogens is 450 g/mol. The lowest BCUT2D eigenvalue weighted by molar-refractivity contribution is -0.0386. The number of aryl methyl sites for hydroxylation is 2. The van der Waals surface area contributed by atoms with E-state index in [0.717, 1.165) is 68.7 Å². The molecule has 1 aromatic carbocycles. The molecule has 2 aromatic heterocycles. The average Bonchev–Trinajstić information content (AvgIpc) is 3.30. The summed E-state index contributed by atoms with van der Waals surface area (Å²) in [6, 6.07) is 13.5. The van der Waals surface area contributed by atoms with E-state index in [4.69, 9.17) is 9.84 Å². The molecular formula is C29H41N5O2. The van der Waals surface area contributed by atoms with Crippen LogP contribution in [0.1, 0.15) is 76.3 Å². The van der Waals surface area contributed by atoms with Crippen molar-refractivity contribution >= 4 is 16.9 Å². The molecule has 2 aliphatic heterocycles. The van der Waals surface area contributed by atoms with Gasteiger partial charge in [0.05, 0.1) is 0 Å². The van der Waals surface area contributed by atoms with Crippen molar-refractivity contribution in [1.29, 1.82) is 0 Å². The molecule has 0 bridgehead atoms. The number of rotatable bonds is 6. The van der Waals surface area contributed by atoms with Crippen LogP contribution in [0, 0.1) is 6.92 Å². The maximum Gasteiger partial charge on any atom is 0.250 e. The molecule has 4 heterocycles. The minimum atomic E-state index is -0.0849. The lowest BCUT2D eigenvalue weighted by Crippen LogP contribution is -2.59. The third kappa shape index (κ3) is 4.48. The molecule has 36 heavy (non-hydrogen) atoms. The van der Waals surface area contributed by atoms with Crippen molar-refractivity contribution < 1.29 is 4.74 Å². The number of ether oxygens (including phenoxy) is 1. The fraction of sp³-hybridized carbons (Fsp3) is 0.586. The molecule has 2 unspecified atom stereocenters. The second-order valence-corrected chi connectivity index (χ2v) is 10.6. The zero-order valence-corrected chi connectivity index (χ0v) is 22.5.